The molecule has 0 spiro atoms. The zero-order valence-corrected chi connectivity index (χ0v) is 9.61. The molecule has 1 unspecified atom stereocenters. The van der Waals surface area contributed by atoms with Crippen molar-refractivity contribution in [2.24, 2.45) is 0 Å². The van der Waals surface area contributed by atoms with Gasteiger partial charge in [0.1, 0.15) is 18.3 Å². The predicted molar refractivity (Wildman–Crippen MR) is 65.8 cm³/mol. The first-order valence-electron chi connectivity index (χ1n) is 5.76. The lowest BCUT2D eigenvalue weighted by molar-refractivity contribution is -0.122. The van der Waals surface area contributed by atoms with E-state index in [0.29, 0.717) is 19.6 Å². The third kappa shape index (κ3) is 2.59. The molecule has 1 atom stereocenters. The van der Waals surface area contributed by atoms with Crippen LogP contribution in [0.3, 0.4) is 0 Å². The van der Waals surface area contributed by atoms with Crippen LogP contribution in [-0.2, 0) is 4.79 Å². The standard InChI is InChI=1S/C14H15NO2/c1-2-3-6-9-15-14(16)12-10-17-13-8-5-4-7-11(12)13/h1,4-5,7-8,12H,3,6,9-10H2,(H,15,16). The first kappa shape index (κ1) is 11.5. The smallest absolute Gasteiger partial charge is 0.231 e. The monoisotopic (exact) mass is 229 g/mol. The Bertz CT molecular complexity index is 448. The van der Waals surface area contributed by atoms with Crippen LogP contribution in [-0.4, -0.2) is 19.1 Å². The van der Waals surface area contributed by atoms with Crippen LogP contribution in [0, 0.1) is 12.3 Å². The van der Waals surface area contributed by atoms with Crippen molar-refractivity contribution < 1.29 is 9.53 Å². The number of hydrogen-bond acceptors (Lipinski definition) is 2. The number of nitrogens with one attached hydrogen (secondary N) is 1. The maximum atomic E-state index is 11.9. The highest BCUT2D eigenvalue weighted by molar-refractivity contribution is 5.85. The second kappa shape index (κ2) is 5.40. The maximum absolute atomic E-state index is 11.9. The molecule has 0 aromatic heterocycles. The summed E-state index contributed by atoms with van der Waals surface area (Å²) in [7, 11) is 0. The van der Waals surface area contributed by atoms with E-state index in [1.807, 2.05) is 24.3 Å². The lowest BCUT2D eigenvalue weighted by Gasteiger charge is -2.09. The Morgan fingerprint density at radius 1 is 1.53 bits per heavy atom. The van der Waals surface area contributed by atoms with Gasteiger partial charge in [-0.3, -0.25) is 4.79 Å². The summed E-state index contributed by atoms with van der Waals surface area (Å²) in [5.74, 6) is 3.20. The topological polar surface area (TPSA) is 38.3 Å². The number of hydrogen-bond donors (Lipinski definition) is 1. The minimum absolute atomic E-state index is 0.0203. The Morgan fingerprint density at radius 3 is 3.18 bits per heavy atom. The van der Waals surface area contributed by atoms with Gasteiger partial charge in [-0.25, -0.2) is 0 Å². The highest BCUT2D eigenvalue weighted by Crippen LogP contribution is 2.33. The Hall–Kier alpha value is -1.95. The number of amides is 1. The number of carbonyl (C=O) groups is 1. The summed E-state index contributed by atoms with van der Waals surface area (Å²) in [6.07, 6.45) is 6.66. The fraction of sp³-hybridized carbons (Fsp3) is 0.357. The van der Waals surface area contributed by atoms with Gasteiger partial charge in [0.2, 0.25) is 5.91 Å². The highest BCUT2D eigenvalue weighted by atomic mass is 16.5. The first-order chi connectivity index (χ1) is 8.33. The van der Waals surface area contributed by atoms with Gasteiger partial charge in [0, 0.05) is 18.5 Å². The fourth-order valence-corrected chi connectivity index (χ4v) is 1.90. The Kier molecular flexibility index (Phi) is 3.66. The second-order valence-corrected chi connectivity index (χ2v) is 4.00. The van der Waals surface area contributed by atoms with Gasteiger partial charge in [0.25, 0.3) is 0 Å². The lowest BCUT2D eigenvalue weighted by atomic mass is 10.0. The van der Waals surface area contributed by atoms with Crippen LogP contribution in [0.4, 0.5) is 0 Å². The summed E-state index contributed by atoms with van der Waals surface area (Å²) in [6.45, 7) is 1.06. The van der Waals surface area contributed by atoms with Crippen LogP contribution < -0.4 is 10.1 Å². The number of terminal acetylenes is 1. The molecule has 0 saturated heterocycles. The number of fused-ring (bicyclic) bond motifs is 1. The van der Waals surface area contributed by atoms with Crippen molar-refractivity contribution in [2.75, 3.05) is 13.2 Å². The molecule has 0 bridgehead atoms. The molecule has 0 saturated carbocycles. The quantitative estimate of drug-likeness (QED) is 0.630. The highest BCUT2D eigenvalue weighted by Gasteiger charge is 2.29. The van der Waals surface area contributed by atoms with Gasteiger partial charge < -0.3 is 10.1 Å². The molecule has 1 heterocycles. The molecular formula is C14H15NO2. The Balaban J connectivity index is 1.92. The maximum Gasteiger partial charge on any atom is 0.231 e. The van der Waals surface area contributed by atoms with Gasteiger partial charge in [0.15, 0.2) is 0 Å². The second-order valence-electron chi connectivity index (χ2n) is 4.00. The zero-order chi connectivity index (χ0) is 12.1. The van der Waals surface area contributed by atoms with Crippen molar-refractivity contribution in [3.05, 3.63) is 29.8 Å². The van der Waals surface area contributed by atoms with Crippen LogP contribution in [0.15, 0.2) is 24.3 Å². The van der Waals surface area contributed by atoms with Crippen molar-refractivity contribution in [1.82, 2.24) is 5.32 Å². The van der Waals surface area contributed by atoms with Crippen molar-refractivity contribution in [3.8, 4) is 18.1 Å². The molecule has 1 aromatic carbocycles. The van der Waals surface area contributed by atoms with Gasteiger partial charge in [-0.15, -0.1) is 12.3 Å². The molecule has 1 aromatic rings. The number of benzene rings is 1. The van der Waals surface area contributed by atoms with Crippen LogP contribution in [0.25, 0.3) is 0 Å². The third-order valence-electron chi connectivity index (χ3n) is 2.81. The van der Waals surface area contributed by atoms with Crippen LogP contribution in [0.2, 0.25) is 0 Å². The molecule has 0 aliphatic carbocycles. The number of unbranched alkanes of at least 4 members (excludes halogenated alkanes) is 1. The van der Waals surface area contributed by atoms with E-state index in [1.54, 1.807) is 0 Å². The summed E-state index contributed by atoms with van der Waals surface area (Å²) in [5, 5.41) is 2.89. The molecule has 17 heavy (non-hydrogen) atoms. The summed E-state index contributed by atoms with van der Waals surface area (Å²) < 4.78 is 5.47. The van der Waals surface area contributed by atoms with E-state index in [4.69, 9.17) is 11.2 Å². The lowest BCUT2D eigenvalue weighted by Crippen LogP contribution is -2.30. The first-order valence-corrected chi connectivity index (χ1v) is 5.76. The summed E-state index contributed by atoms with van der Waals surface area (Å²) in [5.41, 5.74) is 0.974. The van der Waals surface area contributed by atoms with E-state index >= 15 is 0 Å². The van der Waals surface area contributed by atoms with Crippen LogP contribution in [0.1, 0.15) is 24.3 Å². The van der Waals surface area contributed by atoms with E-state index in [0.717, 1.165) is 17.7 Å². The zero-order valence-electron chi connectivity index (χ0n) is 9.61. The summed E-state index contributed by atoms with van der Waals surface area (Å²) in [4.78, 5) is 11.9. The molecule has 1 amide bonds. The van der Waals surface area contributed by atoms with E-state index in [-0.39, 0.29) is 11.8 Å². The average molecular weight is 229 g/mol. The molecule has 1 aliphatic rings. The van der Waals surface area contributed by atoms with E-state index in [2.05, 4.69) is 11.2 Å². The van der Waals surface area contributed by atoms with Gasteiger partial charge in [-0.1, -0.05) is 18.2 Å². The van der Waals surface area contributed by atoms with E-state index < -0.39 is 0 Å². The minimum Gasteiger partial charge on any atom is -0.492 e. The van der Waals surface area contributed by atoms with Crippen molar-refractivity contribution in [2.45, 2.75) is 18.8 Å². The number of para-hydroxylation sites is 1. The van der Waals surface area contributed by atoms with Crippen LogP contribution >= 0.6 is 0 Å². The number of ether oxygens (including phenoxy) is 1. The summed E-state index contributed by atoms with van der Waals surface area (Å²) >= 11 is 0. The Morgan fingerprint density at radius 2 is 2.35 bits per heavy atom. The van der Waals surface area contributed by atoms with Crippen LogP contribution in [0.5, 0.6) is 5.75 Å². The SMILES string of the molecule is C#CCCCNC(=O)C1COc2ccccc21. The van der Waals surface area contributed by atoms with Gasteiger partial charge >= 0.3 is 0 Å². The van der Waals surface area contributed by atoms with Crippen molar-refractivity contribution >= 4 is 5.91 Å². The van der Waals surface area contributed by atoms with Gasteiger partial charge in [-0.05, 0) is 12.5 Å². The minimum atomic E-state index is -0.183. The number of carbonyl (C=O) groups excluding carboxylic acids is 1. The Labute approximate surface area is 101 Å². The summed E-state index contributed by atoms with van der Waals surface area (Å²) in [6, 6.07) is 7.66. The predicted octanol–water partition coefficient (Wildman–Crippen LogP) is 1.69. The molecule has 2 rings (SSSR count). The molecule has 1 N–H and O–H groups in total. The average Bonchev–Trinajstić information content (AvgIpc) is 2.78. The van der Waals surface area contributed by atoms with E-state index in [1.165, 1.54) is 0 Å². The molecule has 0 fully saturated rings. The molecule has 1 aliphatic heterocycles. The molecule has 3 nitrogen and oxygen atoms in total. The van der Waals surface area contributed by atoms with Crippen molar-refractivity contribution in [3.63, 3.8) is 0 Å². The molecular weight excluding hydrogens is 214 g/mol. The largest absolute Gasteiger partial charge is 0.492 e. The number of rotatable bonds is 4. The third-order valence-corrected chi connectivity index (χ3v) is 2.81. The molecule has 0 radical (unpaired) electrons. The van der Waals surface area contributed by atoms with E-state index in [9.17, 15) is 4.79 Å². The van der Waals surface area contributed by atoms with Gasteiger partial charge in [0.05, 0.1) is 0 Å². The van der Waals surface area contributed by atoms with Gasteiger partial charge in [-0.2, -0.15) is 0 Å². The van der Waals surface area contributed by atoms with Crippen molar-refractivity contribution in [1.29, 1.82) is 0 Å². The fourth-order valence-electron chi connectivity index (χ4n) is 1.90. The molecule has 88 valence electrons. The molecule has 3 heteroatoms. The normalized spacial score (nSPS) is 16.8.